The van der Waals surface area contributed by atoms with Crippen LogP contribution < -0.4 is 4.90 Å². The van der Waals surface area contributed by atoms with E-state index in [2.05, 4.69) is 9.97 Å². The van der Waals surface area contributed by atoms with E-state index in [-0.39, 0.29) is 6.03 Å². The molecule has 112 valence electrons. The van der Waals surface area contributed by atoms with Gasteiger partial charge in [0.05, 0.1) is 25.7 Å². The van der Waals surface area contributed by atoms with Crippen LogP contribution in [0.2, 0.25) is 0 Å². The van der Waals surface area contributed by atoms with Crippen molar-refractivity contribution in [3.63, 3.8) is 0 Å². The predicted octanol–water partition coefficient (Wildman–Crippen LogP) is 2.81. The summed E-state index contributed by atoms with van der Waals surface area (Å²) in [5.74, 6) is 0.635. The Morgan fingerprint density at radius 3 is 2.71 bits per heavy atom. The predicted molar refractivity (Wildman–Crippen MR) is 80.6 cm³/mol. The highest BCUT2D eigenvalue weighted by molar-refractivity contribution is 5.89. The lowest BCUT2D eigenvalue weighted by molar-refractivity contribution is -0.0957. The Labute approximate surface area is 124 Å². The van der Waals surface area contributed by atoms with Crippen molar-refractivity contribution in [3.8, 4) is 0 Å². The summed E-state index contributed by atoms with van der Waals surface area (Å²) < 4.78 is 0. The fourth-order valence-corrected chi connectivity index (χ4v) is 1.87. The van der Waals surface area contributed by atoms with E-state index in [1.165, 1.54) is 5.06 Å². The first kappa shape index (κ1) is 15.1. The highest BCUT2D eigenvalue weighted by Gasteiger charge is 2.21. The van der Waals surface area contributed by atoms with Crippen LogP contribution in [0.1, 0.15) is 18.9 Å². The Balaban J connectivity index is 2.15. The molecule has 0 atom stereocenters. The molecule has 0 bridgehead atoms. The smallest absolute Gasteiger partial charge is 0.331 e. The van der Waals surface area contributed by atoms with Crippen molar-refractivity contribution in [2.24, 2.45) is 0 Å². The van der Waals surface area contributed by atoms with E-state index in [1.54, 1.807) is 24.5 Å². The third-order valence-corrected chi connectivity index (χ3v) is 2.95. The third kappa shape index (κ3) is 4.06. The van der Waals surface area contributed by atoms with Gasteiger partial charge in [0.25, 0.3) is 0 Å². The number of nitrogens with one attached hydrogen (secondary N) is 1. The van der Waals surface area contributed by atoms with E-state index in [4.69, 9.17) is 4.84 Å². The SMILES string of the molecule is CCCON(C)C(=O)N(Cc1ccccc1)c1cnc[nH]1. The number of hydroxylamine groups is 2. The number of aromatic nitrogens is 2. The Kier molecular flexibility index (Phi) is 5.34. The monoisotopic (exact) mass is 288 g/mol. The van der Waals surface area contributed by atoms with E-state index in [0.717, 1.165) is 12.0 Å². The Bertz CT molecular complexity index is 542. The second-order valence-electron chi connectivity index (χ2n) is 4.62. The number of benzene rings is 1. The second-order valence-corrected chi connectivity index (χ2v) is 4.62. The zero-order valence-electron chi connectivity index (χ0n) is 12.3. The van der Waals surface area contributed by atoms with E-state index >= 15 is 0 Å². The molecule has 1 aromatic carbocycles. The maximum Gasteiger partial charge on any atom is 0.349 e. The van der Waals surface area contributed by atoms with Crippen LogP contribution in [-0.2, 0) is 11.4 Å². The average molecular weight is 288 g/mol. The van der Waals surface area contributed by atoms with Gasteiger partial charge in [-0.1, -0.05) is 37.3 Å². The standard InChI is InChI=1S/C15H20N4O2/c1-3-9-21-18(2)15(20)19(14-10-16-12-17-14)11-13-7-5-4-6-8-13/h4-8,10,12H,3,9,11H2,1-2H3,(H,16,17). The summed E-state index contributed by atoms with van der Waals surface area (Å²) in [4.78, 5) is 26.4. The van der Waals surface area contributed by atoms with Crippen molar-refractivity contribution >= 4 is 11.8 Å². The third-order valence-electron chi connectivity index (χ3n) is 2.95. The van der Waals surface area contributed by atoms with Crippen LogP contribution in [0, 0.1) is 0 Å². The largest absolute Gasteiger partial charge is 0.349 e. The number of H-pyrrole nitrogens is 1. The number of amides is 2. The minimum Gasteiger partial charge on any atom is -0.331 e. The van der Waals surface area contributed by atoms with Crippen molar-refractivity contribution < 1.29 is 9.63 Å². The summed E-state index contributed by atoms with van der Waals surface area (Å²) in [6.07, 6.45) is 4.02. The molecule has 0 saturated carbocycles. The number of imidazole rings is 1. The second kappa shape index (κ2) is 7.44. The molecule has 6 nitrogen and oxygen atoms in total. The number of carbonyl (C=O) groups excluding carboxylic acids is 1. The maximum absolute atomic E-state index is 12.5. The van der Waals surface area contributed by atoms with Crippen LogP contribution in [0.25, 0.3) is 0 Å². The molecule has 1 aromatic heterocycles. The van der Waals surface area contributed by atoms with Crippen LogP contribution in [-0.4, -0.2) is 34.7 Å². The zero-order chi connectivity index (χ0) is 15.1. The minimum absolute atomic E-state index is 0.239. The fourth-order valence-electron chi connectivity index (χ4n) is 1.87. The van der Waals surface area contributed by atoms with Gasteiger partial charge in [-0.25, -0.2) is 14.8 Å². The zero-order valence-corrected chi connectivity index (χ0v) is 12.3. The van der Waals surface area contributed by atoms with Gasteiger partial charge in [0, 0.05) is 7.05 Å². The number of hydrogen-bond donors (Lipinski definition) is 1. The topological polar surface area (TPSA) is 61.5 Å². The number of rotatable bonds is 6. The van der Waals surface area contributed by atoms with E-state index < -0.39 is 0 Å². The highest BCUT2D eigenvalue weighted by atomic mass is 16.7. The molecule has 6 heteroatoms. The summed E-state index contributed by atoms with van der Waals surface area (Å²) >= 11 is 0. The number of carbonyl (C=O) groups is 1. The van der Waals surface area contributed by atoms with Crippen molar-refractivity contribution in [2.75, 3.05) is 18.6 Å². The van der Waals surface area contributed by atoms with Gasteiger partial charge in [-0.3, -0.25) is 9.74 Å². The van der Waals surface area contributed by atoms with Crippen LogP contribution in [0.5, 0.6) is 0 Å². The summed E-state index contributed by atoms with van der Waals surface area (Å²) in [6, 6.07) is 9.55. The van der Waals surface area contributed by atoms with E-state index in [9.17, 15) is 4.79 Å². The fraction of sp³-hybridized carbons (Fsp3) is 0.333. The lowest BCUT2D eigenvalue weighted by Gasteiger charge is -2.26. The molecule has 21 heavy (non-hydrogen) atoms. The molecule has 0 aliphatic heterocycles. The molecule has 1 N–H and O–H groups in total. The highest BCUT2D eigenvalue weighted by Crippen LogP contribution is 2.15. The molecule has 0 aliphatic rings. The molecule has 2 rings (SSSR count). The average Bonchev–Trinajstić information content (AvgIpc) is 3.04. The molecule has 0 fully saturated rings. The minimum atomic E-state index is -0.239. The molecular weight excluding hydrogens is 268 g/mol. The molecule has 0 saturated heterocycles. The number of aromatic amines is 1. The number of anilines is 1. The first-order valence-electron chi connectivity index (χ1n) is 6.92. The van der Waals surface area contributed by atoms with Gasteiger partial charge in [0.2, 0.25) is 0 Å². The van der Waals surface area contributed by atoms with Crippen LogP contribution in [0.3, 0.4) is 0 Å². The Morgan fingerprint density at radius 1 is 1.33 bits per heavy atom. The molecule has 2 aromatic rings. The summed E-state index contributed by atoms with van der Waals surface area (Å²) in [6.45, 7) is 2.95. The van der Waals surface area contributed by atoms with Crippen molar-refractivity contribution in [1.29, 1.82) is 0 Å². The Morgan fingerprint density at radius 2 is 2.10 bits per heavy atom. The number of nitrogens with zero attached hydrogens (tertiary/aromatic N) is 3. The summed E-state index contributed by atoms with van der Waals surface area (Å²) in [5.41, 5.74) is 1.03. The summed E-state index contributed by atoms with van der Waals surface area (Å²) in [5, 5.41) is 1.26. The molecular formula is C15H20N4O2. The lowest BCUT2D eigenvalue weighted by atomic mass is 10.2. The van der Waals surface area contributed by atoms with E-state index in [1.807, 2.05) is 37.3 Å². The molecule has 0 radical (unpaired) electrons. The first-order valence-corrected chi connectivity index (χ1v) is 6.92. The van der Waals surface area contributed by atoms with Crippen LogP contribution >= 0.6 is 0 Å². The lowest BCUT2D eigenvalue weighted by Crippen LogP contribution is -2.41. The van der Waals surface area contributed by atoms with Gasteiger partial charge in [-0.05, 0) is 12.0 Å². The first-order chi connectivity index (χ1) is 10.2. The van der Waals surface area contributed by atoms with Crippen LogP contribution in [0.15, 0.2) is 42.9 Å². The summed E-state index contributed by atoms with van der Waals surface area (Å²) in [7, 11) is 1.62. The van der Waals surface area contributed by atoms with Crippen molar-refractivity contribution in [3.05, 3.63) is 48.4 Å². The quantitative estimate of drug-likeness (QED) is 0.831. The van der Waals surface area contributed by atoms with Gasteiger partial charge >= 0.3 is 6.03 Å². The molecule has 0 aliphatic carbocycles. The Hall–Kier alpha value is -2.34. The number of hydrogen-bond acceptors (Lipinski definition) is 3. The van der Waals surface area contributed by atoms with Crippen molar-refractivity contribution in [1.82, 2.24) is 15.0 Å². The molecule has 1 heterocycles. The van der Waals surface area contributed by atoms with Gasteiger partial charge in [-0.2, -0.15) is 0 Å². The van der Waals surface area contributed by atoms with Crippen LogP contribution in [0.4, 0.5) is 10.6 Å². The van der Waals surface area contributed by atoms with Crippen molar-refractivity contribution in [2.45, 2.75) is 19.9 Å². The van der Waals surface area contributed by atoms with Gasteiger partial charge in [0.1, 0.15) is 5.82 Å². The van der Waals surface area contributed by atoms with Gasteiger partial charge in [-0.15, -0.1) is 0 Å². The number of urea groups is 1. The van der Waals surface area contributed by atoms with Gasteiger partial charge in [0.15, 0.2) is 0 Å². The van der Waals surface area contributed by atoms with Gasteiger partial charge < -0.3 is 4.98 Å². The maximum atomic E-state index is 12.5. The normalized spacial score (nSPS) is 10.4. The van der Waals surface area contributed by atoms with E-state index in [0.29, 0.717) is 19.0 Å². The molecule has 0 unspecified atom stereocenters. The molecule has 2 amide bonds. The molecule has 0 spiro atoms.